The summed E-state index contributed by atoms with van der Waals surface area (Å²) in [4.78, 5) is 19.2. The Balaban J connectivity index is 2.18. The molecule has 1 aromatic rings. The van der Waals surface area contributed by atoms with E-state index in [4.69, 9.17) is 10.5 Å². The Morgan fingerprint density at radius 3 is 2.74 bits per heavy atom. The predicted octanol–water partition coefficient (Wildman–Crippen LogP) is 2.43. The van der Waals surface area contributed by atoms with Crippen molar-refractivity contribution in [2.24, 2.45) is 16.1 Å². The van der Waals surface area contributed by atoms with Gasteiger partial charge < -0.3 is 10.5 Å². The van der Waals surface area contributed by atoms with E-state index in [9.17, 15) is 4.79 Å². The number of amides is 1. The van der Waals surface area contributed by atoms with E-state index in [1.165, 1.54) is 10.5 Å². The van der Waals surface area contributed by atoms with Gasteiger partial charge >= 0.3 is 0 Å². The van der Waals surface area contributed by atoms with Gasteiger partial charge in [-0.25, -0.2) is 4.99 Å². The van der Waals surface area contributed by atoms with Crippen molar-refractivity contribution in [2.45, 2.75) is 45.6 Å². The van der Waals surface area contributed by atoms with E-state index in [0.29, 0.717) is 6.61 Å². The third-order valence-corrected chi connectivity index (χ3v) is 5.06. The highest BCUT2D eigenvalue weighted by Crippen LogP contribution is 2.53. The van der Waals surface area contributed by atoms with Crippen LogP contribution in [0.3, 0.4) is 0 Å². The van der Waals surface area contributed by atoms with E-state index in [0.717, 1.165) is 30.6 Å². The van der Waals surface area contributed by atoms with Gasteiger partial charge in [0.25, 0.3) is 5.91 Å². The van der Waals surface area contributed by atoms with Gasteiger partial charge in [0, 0.05) is 18.0 Å². The Hall–Kier alpha value is -2.04. The number of guanidine groups is 1. The fraction of sp³-hybridized carbons (Fsp3) is 0.556. The first-order valence-electron chi connectivity index (χ1n) is 8.23. The maximum absolute atomic E-state index is 13.1. The fourth-order valence-corrected chi connectivity index (χ4v) is 3.51. The van der Waals surface area contributed by atoms with Crippen molar-refractivity contribution in [3.8, 4) is 5.75 Å². The summed E-state index contributed by atoms with van der Waals surface area (Å²) in [6.07, 6.45) is 3.25. The SMILES string of the molecule is CCCCc1ccc2c(c1)C1(N=C(N)N(C)C1=O)C(C)(C)CO2. The number of fused-ring (bicyclic) bond motifs is 2. The largest absolute Gasteiger partial charge is 0.493 e. The van der Waals surface area contributed by atoms with Crippen LogP contribution in [0.15, 0.2) is 23.2 Å². The predicted molar refractivity (Wildman–Crippen MR) is 90.4 cm³/mol. The van der Waals surface area contributed by atoms with Gasteiger partial charge in [-0.3, -0.25) is 9.69 Å². The number of likely N-dealkylation sites (N-methyl/N-ethyl adjacent to an activating group) is 1. The molecule has 2 N–H and O–H groups in total. The number of benzene rings is 1. The molecule has 2 heterocycles. The lowest BCUT2D eigenvalue weighted by atomic mass is 9.66. The van der Waals surface area contributed by atoms with E-state index in [1.807, 2.05) is 19.9 Å². The average molecular weight is 315 g/mol. The second kappa shape index (κ2) is 5.25. The van der Waals surface area contributed by atoms with Crippen LogP contribution in [0.1, 0.15) is 44.7 Å². The molecule has 0 radical (unpaired) electrons. The number of carbonyl (C=O) groups excluding carboxylic acids is 1. The Bertz CT molecular complexity index is 681. The molecule has 1 unspecified atom stereocenters. The first-order valence-corrected chi connectivity index (χ1v) is 8.23. The van der Waals surface area contributed by atoms with Gasteiger partial charge in [0.2, 0.25) is 0 Å². The molecule has 0 aromatic heterocycles. The molecule has 0 saturated heterocycles. The molecule has 1 amide bonds. The molecule has 1 aromatic carbocycles. The standard InChI is InChI=1S/C18H25N3O2/c1-5-6-7-12-8-9-14-13(10-12)18(17(2,3)11-23-14)15(22)21(4)16(19)20-18/h8-10H,5-7,11H2,1-4H3,(H2,19,20). The lowest BCUT2D eigenvalue weighted by molar-refractivity contribution is -0.137. The minimum absolute atomic E-state index is 0.0720. The van der Waals surface area contributed by atoms with Gasteiger partial charge in [0.15, 0.2) is 11.5 Å². The van der Waals surface area contributed by atoms with Crippen LogP contribution in [0, 0.1) is 5.41 Å². The van der Waals surface area contributed by atoms with Crippen LogP contribution in [0.4, 0.5) is 0 Å². The normalized spacial score (nSPS) is 25.3. The van der Waals surface area contributed by atoms with Crippen molar-refractivity contribution in [3.05, 3.63) is 29.3 Å². The van der Waals surface area contributed by atoms with Gasteiger partial charge in [-0.2, -0.15) is 0 Å². The number of nitrogens with zero attached hydrogens (tertiary/aromatic N) is 2. The number of carbonyl (C=O) groups is 1. The summed E-state index contributed by atoms with van der Waals surface area (Å²) in [6.45, 7) is 6.64. The molecule has 1 spiro atoms. The molecule has 2 aliphatic heterocycles. The van der Waals surface area contributed by atoms with Gasteiger partial charge in [-0.15, -0.1) is 0 Å². The summed E-state index contributed by atoms with van der Waals surface area (Å²) in [6, 6.07) is 6.13. The summed E-state index contributed by atoms with van der Waals surface area (Å²) in [5, 5.41) is 0. The molecular formula is C18H25N3O2. The molecule has 5 heteroatoms. The zero-order valence-electron chi connectivity index (χ0n) is 14.3. The number of hydrogen-bond acceptors (Lipinski definition) is 4. The number of aliphatic imine (C=N–C) groups is 1. The maximum atomic E-state index is 13.1. The minimum atomic E-state index is -0.984. The smallest absolute Gasteiger partial charge is 0.262 e. The zero-order valence-corrected chi connectivity index (χ0v) is 14.3. The Morgan fingerprint density at radius 2 is 2.13 bits per heavy atom. The first-order chi connectivity index (χ1) is 10.8. The lowest BCUT2D eigenvalue weighted by Gasteiger charge is -2.44. The molecule has 3 rings (SSSR count). The van der Waals surface area contributed by atoms with E-state index in [2.05, 4.69) is 24.0 Å². The summed E-state index contributed by atoms with van der Waals surface area (Å²) in [5.74, 6) is 0.942. The highest BCUT2D eigenvalue weighted by molar-refractivity contribution is 6.07. The van der Waals surface area contributed by atoms with Crippen molar-refractivity contribution < 1.29 is 9.53 Å². The second-order valence-electron chi connectivity index (χ2n) is 7.15. The molecule has 5 nitrogen and oxygen atoms in total. The minimum Gasteiger partial charge on any atom is -0.493 e. The third-order valence-electron chi connectivity index (χ3n) is 5.06. The van der Waals surface area contributed by atoms with Gasteiger partial charge in [0.1, 0.15) is 5.75 Å². The summed E-state index contributed by atoms with van der Waals surface area (Å²) < 4.78 is 5.92. The molecule has 0 bridgehead atoms. The van der Waals surface area contributed by atoms with Crippen molar-refractivity contribution in [1.29, 1.82) is 0 Å². The molecule has 0 saturated carbocycles. The zero-order chi connectivity index (χ0) is 16.8. The van der Waals surface area contributed by atoms with E-state index in [1.54, 1.807) is 7.05 Å². The fourth-order valence-electron chi connectivity index (χ4n) is 3.51. The maximum Gasteiger partial charge on any atom is 0.262 e. The average Bonchev–Trinajstić information content (AvgIpc) is 2.75. The third kappa shape index (κ3) is 2.13. The van der Waals surface area contributed by atoms with Crippen molar-refractivity contribution >= 4 is 11.9 Å². The molecule has 0 fully saturated rings. The van der Waals surface area contributed by atoms with Crippen molar-refractivity contribution in [3.63, 3.8) is 0 Å². The Labute approximate surface area is 137 Å². The highest BCUT2D eigenvalue weighted by atomic mass is 16.5. The molecule has 124 valence electrons. The summed E-state index contributed by atoms with van der Waals surface area (Å²) in [5.41, 5.74) is 6.60. The van der Waals surface area contributed by atoms with Gasteiger partial charge in [-0.05, 0) is 30.5 Å². The molecular weight excluding hydrogens is 290 g/mol. The number of rotatable bonds is 3. The number of hydrogen-bond donors (Lipinski definition) is 1. The van der Waals surface area contributed by atoms with Crippen LogP contribution >= 0.6 is 0 Å². The number of nitrogens with two attached hydrogens (primary N) is 1. The Kier molecular flexibility index (Phi) is 3.62. The number of unbranched alkanes of at least 4 members (excludes halogenated alkanes) is 1. The van der Waals surface area contributed by atoms with E-state index in [-0.39, 0.29) is 11.9 Å². The van der Waals surface area contributed by atoms with E-state index < -0.39 is 11.0 Å². The van der Waals surface area contributed by atoms with Crippen LogP contribution in [0.5, 0.6) is 5.75 Å². The van der Waals surface area contributed by atoms with Crippen LogP contribution in [-0.2, 0) is 16.8 Å². The molecule has 2 aliphatic rings. The van der Waals surface area contributed by atoms with Crippen molar-refractivity contribution in [1.82, 2.24) is 4.90 Å². The summed E-state index contributed by atoms with van der Waals surface area (Å²) >= 11 is 0. The monoisotopic (exact) mass is 315 g/mol. The van der Waals surface area contributed by atoms with Crippen LogP contribution in [0.2, 0.25) is 0 Å². The van der Waals surface area contributed by atoms with Gasteiger partial charge in [-0.1, -0.05) is 33.3 Å². The van der Waals surface area contributed by atoms with E-state index >= 15 is 0 Å². The molecule has 1 atom stereocenters. The summed E-state index contributed by atoms with van der Waals surface area (Å²) in [7, 11) is 1.68. The topological polar surface area (TPSA) is 67.9 Å². The van der Waals surface area contributed by atoms with Crippen molar-refractivity contribution in [2.75, 3.05) is 13.7 Å². The number of ether oxygens (including phenoxy) is 1. The Morgan fingerprint density at radius 1 is 1.39 bits per heavy atom. The van der Waals surface area contributed by atoms with Crippen LogP contribution in [0.25, 0.3) is 0 Å². The van der Waals surface area contributed by atoms with Gasteiger partial charge in [0.05, 0.1) is 6.61 Å². The quantitative estimate of drug-likeness (QED) is 0.931. The van der Waals surface area contributed by atoms with Crippen LogP contribution in [-0.4, -0.2) is 30.4 Å². The second-order valence-corrected chi connectivity index (χ2v) is 7.15. The lowest BCUT2D eigenvalue weighted by Crippen LogP contribution is -2.53. The first kappa shape index (κ1) is 15.8. The highest BCUT2D eigenvalue weighted by Gasteiger charge is 2.61. The van der Waals surface area contributed by atoms with Crippen LogP contribution < -0.4 is 10.5 Å². The number of aryl methyl sites for hydroxylation is 1. The molecule has 23 heavy (non-hydrogen) atoms. The molecule has 0 aliphatic carbocycles.